The second kappa shape index (κ2) is 9.98. The molecule has 1 amide bonds. The van der Waals surface area contributed by atoms with Crippen LogP contribution in [0.1, 0.15) is 42.6 Å². The molecule has 10 heteroatoms. The molecule has 35 heavy (non-hydrogen) atoms. The lowest BCUT2D eigenvalue weighted by molar-refractivity contribution is -0.00177. The molecule has 0 aliphatic carbocycles. The Labute approximate surface area is 203 Å². The van der Waals surface area contributed by atoms with Crippen LogP contribution in [0.4, 0.5) is 10.1 Å². The van der Waals surface area contributed by atoms with Crippen molar-refractivity contribution in [1.82, 2.24) is 24.8 Å². The smallest absolute Gasteiger partial charge is 0.255 e. The number of fused-ring (bicyclic) bond motifs is 1. The van der Waals surface area contributed by atoms with Crippen LogP contribution in [-0.2, 0) is 0 Å². The van der Waals surface area contributed by atoms with Crippen molar-refractivity contribution in [3.63, 3.8) is 0 Å². The number of carbonyl (C=O) groups excluding carboxylic acids is 1. The van der Waals surface area contributed by atoms with Crippen LogP contribution in [0, 0.1) is 11.3 Å². The minimum atomic E-state index is -1.61. The van der Waals surface area contributed by atoms with Crippen molar-refractivity contribution in [2.75, 3.05) is 32.0 Å². The molecule has 2 atom stereocenters. The monoisotopic (exact) mass is 479 g/mol. The van der Waals surface area contributed by atoms with Gasteiger partial charge in [-0.1, -0.05) is 0 Å². The molecule has 1 aliphatic rings. The zero-order valence-corrected chi connectivity index (χ0v) is 20.1. The molecule has 0 bridgehead atoms. The number of aliphatic hydroxyl groups is 1. The predicted octanol–water partition coefficient (Wildman–Crippen LogP) is 2.61. The van der Waals surface area contributed by atoms with Gasteiger partial charge >= 0.3 is 0 Å². The van der Waals surface area contributed by atoms with E-state index < -0.39 is 17.7 Å². The van der Waals surface area contributed by atoms with Gasteiger partial charge in [-0.15, -0.1) is 0 Å². The highest BCUT2D eigenvalue weighted by atomic mass is 19.1. The number of hydrogen-bond donors (Lipinski definition) is 3. The Kier molecular flexibility index (Phi) is 7.00. The minimum Gasteiger partial charge on any atom is -0.387 e. The lowest BCUT2D eigenvalue weighted by Crippen LogP contribution is -2.42. The number of anilines is 1. The Morgan fingerprint density at radius 1 is 1.37 bits per heavy atom. The van der Waals surface area contributed by atoms with E-state index in [-0.39, 0.29) is 12.6 Å². The van der Waals surface area contributed by atoms with Crippen LogP contribution in [0.25, 0.3) is 16.9 Å². The number of nitriles is 1. The molecule has 1 saturated heterocycles. The molecule has 4 rings (SSSR count). The normalized spacial score (nSPS) is 17.7. The number of piperidine rings is 1. The summed E-state index contributed by atoms with van der Waals surface area (Å²) < 4.78 is 15.9. The first-order valence-corrected chi connectivity index (χ1v) is 11.6. The van der Waals surface area contributed by atoms with Crippen LogP contribution < -0.4 is 10.6 Å². The molecule has 3 N–H and O–H groups in total. The summed E-state index contributed by atoms with van der Waals surface area (Å²) in [6, 6.07) is 9.48. The molecule has 3 aromatic heterocycles. The lowest BCUT2D eigenvalue weighted by atomic mass is 10.0. The largest absolute Gasteiger partial charge is 0.387 e. The van der Waals surface area contributed by atoms with E-state index in [1.54, 1.807) is 16.6 Å². The Hall–Kier alpha value is -3.55. The van der Waals surface area contributed by atoms with Crippen LogP contribution >= 0.6 is 0 Å². The van der Waals surface area contributed by atoms with Gasteiger partial charge in [0.1, 0.15) is 12.2 Å². The molecule has 1 fully saturated rings. The average Bonchev–Trinajstić information content (AvgIpc) is 3.25. The number of hydrogen-bond acceptors (Lipinski definition) is 7. The maximum atomic E-state index is 14.2. The Morgan fingerprint density at radius 2 is 2.17 bits per heavy atom. The van der Waals surface area contributed by atoms with Crippen LogP contribution in [0.3, 0.4) is 0 Å². The van der Waals surface area contributed by atoms with E-state index in [2.05, 4.69) is 38.7 Å². The molecule has 2 unspecified atom stereocenters. The maximum Gasteiger partial charge on any atom is 0.255 e. The zero-order valence-electron chi connectivity index (χ0n) is 20.1. The SMILES string of the molecule is CN1CCCC(Nc2cc(-c3ccc4cc(C#N)cnn34)ncc2C(=O)NCC(F)C(C)(C)O)C1. The summed E-state index contributed by atoms with van der Waals surface area (Å²) in [6.07, 6.45) is 3.35. The molecule has 9 nitrogen and oxygen atoms in total. The van der Waals surface area contributed by atoms with Gasteiger partial charge in [0, 0.05) is 18.8 Å². The first-order valence-electron chi connectivity index (χ1n) is 11.6. The van der Waals surface area contributed by atoms with Gasteiger partial charge < -0.3 is 20.6 Å². The van der Waals surface area contributed by atoms with Crippen molar-refractivity contribution >= 4 is 17.1 Å². The number of nitrogens with one attached hydrogen (secondary N) is 2. The molecule has 0 aromatic carbocycles. The first-order chi connectivity index (χ1) is 16.7. The summed E-state index contributed by atoms with van der Waals surface area (Å²) >= 11 is 0. The van der Waals surface area contributed by atoms with Crippen molar-refractivity contribution in [2.24, 2.45) is 0 Å². The highest BCUT2D eigenvalue weighted by molar-refractivity contribution is 6.00. The summed E-state index contributed by atoms with van der Waals surface area (Å²) in [5.74, 6) is -0.473. The number of pyridine rings is 1. The molecule has 0 spiro atoms. The molecule has 0 radical (unpaired) electrons. The van der Waals surface area contributed by atoms with Crippen LogP contribution in [-0.4, -0.2) is 75.0 Å². The number of alkyl halides is 1. The quantitative estimate of drug-likeness (QED) is 0.477. The third-order valence-electron chi connectivity index (χ3n) is 6.23. The first kappa shape index (κ1) is 24.6. The van der Waals surface area contributed by atoms with Crippen molar-refractivity contribution in [3.8, 4) is 17.5 Å². The number of halogens is 1. The van der Waals surface area contributed by atoms with Gasteiger partial charge in [0.15, 0.2) is 0 Å². The fourth-order valence-electron chi connectivity index (χ4n) is 4.18. The van der Waals surface area contributed by atoms with Crippen LogP contribution in [0.2, 0.25) is 0 Å². The highest BCUT2D eigenvalue weighted by Gasteiger charge is 2.28. The van der Waals surface area contributed by atoms with E-state index in [0.29, 0.717) is 28.2 Å². The number of carbonyl (C=O) groups is 1. The molecule has 1 aliphatic heterocycles. The van der Waals surface area contributed by atoms with E-state index in [4.69, 9.17) is 5.26 Å². The van der Waals surface area contributed by atoms with E-state index in [1.807, 2.05) is 12.1 Å². The predicted molar refractivity (Wildman–Crippen MR) is 131 cm³/mol. The van der Waals surface area contributed by atoms with Crippen molar-refractivity contribution in [1.29, 1.82) is 5.26 Å². The van der Waals surface area contributed by atoms with Crippen LogP contribution in [0.15, 0.2) is 36.7 Å². The van der Waals surface area contributed by atoms with Gasteiger partial charge in [-0.25, -0.2) is 8.91 Å². The third-order valence-corrected chi connectivity index (χ3v) is 6.23. The second-order valence-corrected chi connectivity index (χ2v) is 9.60. The number of likely N-dealkylation sites (tertiary alicyclic amines) is 1. The minimum absolute atomic E-state index is 0.140. The maximum absolute atomic E-state index is 14.2. The average molecular weight is 480 g/mol. The van der Waals surface area contributed by atoms with Crippen molar-refractivity contribution in [2.45, 2.75) is 44.5 Å². The van der Waals surface area contributed by atoms with Gasteiger partial charge in [-0.2, -0.15) is 10.4 Å². The van der Waals surface area contributed by atoms with Gasteiger partial charge in [0.2, 0.25) is 0 Å². The van der Waals surface area contributed by atoms with Gasteiger partial charge in [0.05, 0.1) is 52.1 Å². The fraction of sp³-hybridized carbons (Fsp3) is 0.440. The lowest BCUT2D eigenvalue weighted by Gasteiger charge is -2.31. The Bertz CT molecular complexity index is 1260. The van der Waals surface area contributed by atoms with E-state index in [9.17, 15) is 14.3 Å². The molecular weight excluding hydrogens is 449 g/mol. The van der Waals surface area contributed by atoms with Crippen molar-refractivity contribution in [3.05, 3.63) is 47.8 Å². The molecule has 3 aromatic rings. The number of likely N-dealkylation sites (N-methyl/N-ethyl adjacent to an activating group) is 1. The summed E-state index contributed by atoms with van der Waals surface area (Å²) in [5.41, 5.74) is 1.87. The summed E-state index contributed by atoms with van der Waals surface area (Å²) in [4.78, 5) is 19.7. The molecular formula is C25H30FN7O2. The fourth-order valence-corrected chi connectivity index (χ4v) is 4.18. The number of amides is 1. The summed E-state index contributed by atoms with van der Waals surface area (Å²) in [7, 11) is 2.06. The number of nitrogens with zero attached hydrogens (tertiary/aromatic N) is 5. The second-order valence-electron chi connectivity index (χ2n) is 9.60. The Balaban J connectivity index is 1.66. The van der Waals surface area contributed by atoms with Gasteiger partial charge in [-0.05, 0) is 64.5 Å². The topological polar surface area (TPSA) is 119 Å². The van der Waals surface area contributed by atoms with Gasteiger partial charge in [-0.3, -0.25) is 9.78 Å². The van der Waals surface area contributed by atoms with E-state index >= 15 is 0 Å². The molecule has 0 saturated carbocycles. The van der Waals surface area contributed by atoms with E-state index in [1.165, 1.54) is 26.2 Å². The summed E-state index contributed by atoms with van der Waals surface area (Å²) in [5, 5.41) is 29.4. The highest BCUT2D eigenvalue weighted by Crippen LogP contribution is 2.27. The van der Waals surface area contributed by atoms with Crippen molar-refractivity contribution < 1.29 is 14.3 Å². The Morgan fingerprint density at radius 3 is 2.89 bits per heavy atom. The molecule has 184 valence electrons. The van der Waals surface area contributed by atoms with Gasteiger partial charge in [0.25, 0.3) is 5.91 Å². The number of rotatable bonds is 7. The van der Waals surface area contributed by atoms with Crippen LogP contribution in [0.5, 0.6) is 0 Å². The number of aromatic nitrogens is 3. The van der Waals surface area contributed by atoms with E-state index in [0.717, 1.165) is 31.4 Å². The summed E-state index contributed by atoms with van der Waals surface area (Å²) in [6.45, 7) is 4.26. The standard InChI is InChI=1S/C25H30FN7O2/c1-25(2,35)23(26)14-29-24(34)19-13-28-21(10-20(19)31-17-5-4-8-32(3)15-17)22-7-6-18-9-16(11-27)12-30-33(18)22/h6-7,9-10,12-13,17,23,35H,4-5,8,14-15H2,1-3H3,(H,28,31)(H,29,34). The zero-order chi connectivity index (χ0) is 25.2. The molecule has 4 heterocycles. The third kappa shape index (κ3) is 5.58.